The topological polar surface area (TPSA) is 0 Å². The van der Waals surface area contributed by atoms with Crippen LogP contribution in [0.3, 0.4) is 0 Å². The largest absolute Gasteiger partial charge is 0.207 e. The fourth-order valence-corrected chi connectivity index (χ4v) is 1.31. The maximum Gasteiger partial charge on any atom is 0.143 e. The van der Waals surface area contributed by atoms with Crippen molar-refractivity contribution in [3.63, 3.8) is 0 Å². The van der Waals surface area contributed by atoms with Crippen molar-refractivity contribution in [3.8, 4) is 0 Å². The van der Waals surface area contributed by atoms with Gasteiger partial charge >= 0.3 is 0 Å². The Bertz CT molecular complexity index is 254. The van der Waals surface area contributed by atoms with Crippen molar-refractivity contribution in [2.24, 2.45) is 0 Å². The van der Waals surface area contributed by atoms with Gasteiger partial charge in [0.2, 0.25) is 0 Å². The van der Waals surface area contributed by atoms with E-state index in [4.69, 9.17) is 10.7 Å². The van der Waals surface area contributed by atoms with Crippen molar-refractivity contribution in [1.82, 2.24) is 0 Å². The third-order valence-corrected chi connectivity index (χ3v) is 2.05. The fraction of sp³-hybridized carbons (Fsp3) is 0. The van der Waals surface area contributed by atoms with E-state index in [-0.39, 0.29) is 4.90 Å². The molecule has 1 aromatic rings. The number of halogens is 4. The molecule has 0 saturated heterocycles. The molecule has 0 unspecified atom stereocenters. The smallest absolute Gasteiger partial charge is 0.143 e. The molecule has 0 aliphatic carbocycles. The first-order chi connectivity index (χ1) is 5.15. The SMILES string of the molecule is Fc1cc(F)c(SCl)c(F)c1. The second-order valence-electron chi connectivity index (χ2n) is 1.78. The summed E-state index contributed by atoms with van der Waals surface area (Å²) >= 11 is 0. The summed E-state index contributed by atoms with van der Waals surface area (Å²) in [6.45, 7) is 0. The van der Waals surface area contributed by atoms with Gasteiger partial charge in [0.25, 0.3) is 0 Å². The van der Waals surface area contributed by atoms with Gasteiger partial charge in [-0.05, 0) is 21.7 Å². The molecule has 0 aliphatic heterocycles. The van der Waals surface area contributed by atoms with Crippen LogP contribution < -0.4 is 0 Å². The molecule has 0 spiro atoms. The summed E-state index contributed by atoms with van der Waals surface area (Å²) < 4.78 is 37.3. The molecule has 0 bridgehead atoms. The number of benzene rings is 1. The van der Waals surface area contributed by atoms with Crippen LogP contribution in [0.5, 0.6) is 0 Å². The zero-order valence-electron chi connectivity index (χ0n) is 5.07. The highest BCUT2D eigenvalue weighted by atomic mass is 35.7. The van der Waals surface area contributed by atoms with E-state index >= 15 is 0 Å². The van der Waals surface area contributed by atoms with E-state index in [2.05, 4.69) is 0 Å². The average molecular weight is 199 g/mol. The Morgan fingerprint density at radius 3 is 1.91 bits per heavy atom. The minimum absolute atomic E-state index is 0.381. The third kappa shape index (κ3) is 1.81. The highest BCUT2D eigenvalue weighted by Crippen LogP contribution is 2.28. The molecule has 11 heavy (non-hydrogen) atoms. The van der Waals surface area contributed by atoms with Gasteiger partial charge in [0.1, 0.15) is 17.5 Å². The van der Waals surface area contributed by atoms with Crippen molar-refractivity contribution in [2.45, 2.75) is 4.90 Å². The summed E-state index contributed by atoms with van der Waals surface area (Å²) in [5, 5.41) is 0. The molecule has 0 heterocycles. The van der Waals surface area contributed by atoms with Crippen molar-refractivity contribution in [1.29, 1.82) is 0 Å². The second kappa shape index (κ2) is 3.36. The monoisotopic (exact) mass is 198 g/mol. The van der Waals surface area contributed by atoms with Gasteiger partial charge < -0.3 is 0 Å². The Hall–Kier alpha value is -0.350. The fourth-order valence-electron chi connectivity index (χ4n) is 0.603. The summed E-state index contributed by atoms with van der Waals surface area (Å²) in [7, 11) is 5.49. The van der Waals surface area contributed by atoms with Gasteiger partial charge in [-0.25, -0.2) is 13.2 Å². The summed E-state index contributed by atoms with van der Waals surface area (Å²) in [6, 6.07) is 1.15. The average Bonchev–Trinajstić information content (AvgIpc) is 1.85. The molecular formula is C6H2ClF3S. The molecule has 1 aromatic carbocycles. The molecule has 0 nitrogen and oxygen atoms in total. The van der Waals surface area contributed by atoms with E-state index in [1.54, 1.807) is 0 Å². The zero-order chi connectivity index (χ0) is 8.43. The van der Waals surface area contributed by atoms with Crippen LogP contribution in [0.4, 0.5) is 13.2 Å². The first-order valence-electron chi connectivity index (χ1n) is 2.58. The minimum atomic E-state index is -0.984. The van der Waals surface area contributed by atoms with Crippen LogP contribution in [0.2, 0.25) is 0 Å². The molecule has 0 radical (unpaired) electrons. The zero-order valence-corrected chi connectivity index (χ0v) is 6.65. The van der Waals surface area contributed by atoms with Gasteiger partial charge in [-0.3, -0.25) is 0 Å². The summed E-state index contributed by atoms with van der Waals surface area (Å²) in [5.74, 6) is -2.92. The van der Waals surface area contributed by atoms with Crippen molar-refractivity contribution >= 4 is 21.7 Å². The van der Waals surface area contributed by atoms with Crippen molar-refractivity contribution in [2.75, 3.05) is 0 Å². The highest BCUT2D eigenvalue weighted by Gasteiger charge is 2.10. The van der Waals surface area contributed by atoms with Crippen LogP contribution in [0.15, 0.2) is 17.0 Å². The molecule has 5 heteroatoms. The lowest BCUT2D eigenvalue weighted by atomic mass is 10.3. The van der Waals surface area contributed by atoms with Crippen molar-refractivity contribution < 1.29 is 13.2 Å². The van der Waals surface area contributed by atoms with E-state index in [0.29, 0.717) is 23.1 Å². The number of hydrogen-bond acceptors (Lipinski definition) is 1. The van der Waals surface area contributed by atoms with Crippen LogP contribution >= 0.6 is 21.7 Å². The van der Waals surface area contributed by atoms with E-state index < -0.39 is 17.5 Å². The highest BCUT2D eigenvalue weighted by molar-refractivity contribution is 8.21. The van der Waals surface area contributed by atoms with Crippen LogP contribution in [0.1, 0.15) is 0 Å². The molecule has 0 atom stereocenters. The van der Waals surface area contributed by atoms with Crippen LogP contribution in [0.25, 0.3) is 0 Å². The van der Waals surface area contributed by atoms with Gasteiger partial charge in [-0.1, -0.05) is 0 Å². The molecule has 0 aliphatic rings. The van der Waals surface area contributed by atoms with E-state index in [9.17, 15) is 13.2 Å². The standard InChI is InChI=1S/C6H2ClF3S/c7-11-6-4(9)1-3(8)2-5(6)10/h1-2H. The molecule has 0 saturated carbocycles. The maximum absolute atomic E-state index is 12.5. The lowest BCUT2D eigenvalue weighted by Crippen LogP contribution is -1.87. The van der Waals surface area contributed by atoms with Crippen LogP contribution in [-0.4, -0.2) is 0 Å². The van der Waals surface area contributed by atoms with E-state index in [1.807, 2.05) is 0 Å². The summed E-state index contributed by atoms with van der Waals surface area (Å²) in [4.78, 5) is -0.381. The first-order valence-corrected chi connectivity index (χ1v) is 4.22. The number of rotatable bonds is 1. The summed E-state index contributed by atoms with van der Waals surface area (Å²) in [6.07, 6.45) is 0. The van der Waals surface area contributed by atoms with Crippen molar-refractivity contribution in [3.05, 3.63) is 29.6 Å². The molecule has 0 amide bonds. The third-order valence-electron chi connectivity index (χ3n) is 1.04. The lowest BCUT2D eigenvalue weighted by Gasteiger charge is -1.98. The molecular weight excluding hydrogens is 197 g/mol. The number of hydrogen-bond donors (Lipinski definition) is 0. The van der Waals surface area contributed by atoms with Gasteiger partial charge in [-0.15, -0.1) is 0 Å². The Labute approximate surface area is 69.9 Å². The Balaban J connectivity index is 3.25. The van der Waals surface area contributed by atoms with Crippen LogP contribution in [0, 0.1) is 17.5 Å². The Kier molecular flexibility index (Phi) is 2.67. The summed E-state index contributed by atoms with van der Waals surface area (Å²) in [5.41, 5.74) is 0. The predicted molar refractivity (Wildman–Crippen MR) is 38.0 cm³/mol. The lowest BCUT2D eigenvalue weighted by molar-refractivity contribution is 0.511. The van der Waals surface area contributed by atoms with Gasteiger partial charge in [-0.2, -0.15) is 0 Å². The molecule has 0 aromatic heterocycles. The Morgan fingerprint density at radius 1 is 1.09 bits per heavy atom. The van der Waals surface area contributed by atoms with E-state index in [1.165, 1.54) is 0 Å². The maximum atomic E-state index is 12.5. The first kappa shape index (κ1) is 8.74. The van der Waals surface area contributed by atoms with Gasteiger partial charge in [0, 0.05) is 12.1 Å². The molecule has 60 valence electrons. The van der Waals surface area contributed by atoms with Gasteiger partial charge in [0.15, 0.2) is 0 Å². The molecule has 0 N–H and O–H groups in total. The van der Waals surface area contributed by atoms with Crippen LogP contribution in [-0.2, 0) is 0 Å². The predicted octanol–water partition coefficient (Wildman–Crippen LogP) is 3.35. The van der Waals surface area contributed by atoms with Gasteiger partial charge in [0.05, 0.1) is 4.90 Å². The quantitative estimate of drug-likeness (QED) is 0.667. The minimum Gasteiger partial charge on any atom is -0.207 e. The molecule has 1 rings (SSSR count). The van der Waals surface area contributed by atoms with E-state index in [0.717, 1.165) is 0 Å². The molecule has 0 fully saturated rings. The Morgan fingerprint density at radius 2 is 1.55 bits per heavy atom. The normalized spacial score (nSPS) is 10.2. The second-order valence-corrected chi connectivity index (χ2v) is 2.80.